The SMILES string of the molecule is CN(CCc1ccccc1)CC1(CNC2CC2)CCOC1. The van der Waals surface area contributed by atoms with Gasteiger partial charge in [-0.25, -0.2) is 0 Å². The fourth-order valence-corrected chi connectivity index (χ4v) is 3.23. The summed E-state index contributed by atoms with van der Waals surface area (Å²) in [6.07, 6.45) is 5.05. The Bertz CT molecular complexity index is 424. The lowest BCUT2D eigenvalue weighted by molar-refractivity contribution is 0.119. The predicted molar refractivity (Wildman–Crippen MR) is 86.5 cm³/mol. The molecule has 0 bridgehead atoms. The van der Waals surface area contributed by atoms with Gasteiger partial charge in [-0.2, -0.15) is 0 Å². The van der Waals surface area contributed by atoms with Crippen molar-refractivity contribution in [2.24, 2.45) is 5.41 Å². The first-order valence-corrected chi connectivity index (χ1v) is 8.29. The molecule has 1 heterocycles. The molecular weight excluding hydrogens is 260 g/mol. The van der Waals surface area contributed by atoms with E-state index in [1.807, 2.05) is 0 Å². The van der Waals surface area contributed by atoms with E-state index in [9.17, 15) is 0 Å². The summed E-state index contributed by atoms with van der Waals surface area (Å²) in [4.78, 5) is 2.48. The summed E-state index contributed by atoms with van der Waals surface area (Å²) in [6.45, 7) is 5.23. The Labute approximate surface area is 128 Å². The van der Waals surface area contributed by atoms with Gasteiger partial charge in [0.1, 0.15) is 0 Å². The van der Waals surface area contributed by atoms with E-state index in [0.717, 1.165) is 45.3 Å². The van der Waals surface area contributed by atoms with Crippen LogP contribution in [-0.2, 0) is 11.2 Å². The Morgan fingerprint density at radius 3 is 2.76 bits per heavy atom. The summed E-state index contributed by atoms with van der Waals surface area (Å²) in [7, 11) is 2.25. The molecule has 3 heteroatoms. The van der Waals surface area contributed by atoms with Gasteiger partial charge in [-0.1, -0.05) is 30.3 Å². The minimum Gasteiger partial charge on any atom is -0.381 e. The summed E-state index contributed by atoms with van der Waals surface area (Å²) in [5.74, 6) is 0. The van der Waals surface area contributed by atoms with Crippen LogP contribution in [0.1, 0.15) is 24.8 Å². The van der Waals surface area contributed by atoms with Gasteiger partial charge in [0.2, 0.25) is 0 Å². The van der Waals surface area contributed by atoms with E-state index in [1.54, 1.807) is 0 Å². The van der Waals surface area contributed by atoms with Crippen molar-refractivity contribution in [3.8, 4) is 0 Å². The van der Waals surface area contributed by atoms with Gasteiger partial charge in [0.05, 0.1) is 6.61 Å². The quantitative estimate of drug-likeness (QED) is 0.794. The van der Waals surface area contributed by atoms with Crippen molar-refractivity contribution in [2.75, 3.05) is 39.9 Å². The lowest BCUT2D eigenvalue weighted by Crippen LogP contribution is -2.44. The fourth-order valence-electron chi connectivity index (χ4n) is 3.23. The highest BCUT2D eigenvalue weighted by molar-refractivity contribution is 5.14. The first-order valence-electron chi connectivity index (χ1n) is 8.29. The molecule has 2 fully saturated rings. The first-order chi connectivity index (χ1) is 10.3. The topological polar surface area (TPSA) is 24.5 Å². The molecule has 1 saturated carbocycles. The Hall–Kier alpha value is -0.900. The molecule has 1 aromatic carbocycles. The molecule has 1 aromatic rings. The van der Waals surface area contributed by atoms with Gasteiger partial charge in [-0.3, -0.25) is 0 Å². The maximum absolute atomic E-state index is 5.71. The average Bonchev–Trinajstić information content (AvgIpc) is 3.24. The molecular formula is C18H28N2O. The molecule has 1 aliphatic heterocycles. The number of hydrogen-bond donors (Lipinski definition) is 1. The summed E-state index contributed by atoms with van der Waals surface area (Å²) in [6, 6.07) is 11.6. The average molecular weight is 288 g/mol. The van der Waals surface area contributed by atoms with Crippen LogP contribution in [-0.4, -0.2) is 50.8 Å². The predicted octanol–water partition coefficient (Wildman–Crippen LogP) is 2.32. The second kappa shape index (κ2) is 6.91. The number of likely N-dealkylation sites (N-methyl/N-ethyl adjacent to an activating group) is 1. The maximum atomic E-state index is 5.71. The Morgan fingerprint density at radius 1 is 1.29 bits per heavy atom. The second-order valence-corrected chi connectivity index (χ2v) is 6.93. The van der Waals surface area contributed by atoms with Crippen LogP contribution in [0.4, 0.5) is 0 Å². The molecule has 1 atom stereocenters. The van der Waals surface area contributed by atoms with Crippen LogP contribution >= 0.6 is 0 Å². The Balaban J connectivity index is 1.47. The second-order valence-electron chi connectivity index (χ2n) is 6.93. The molecule has 0 spiro atoms. The zero-order valence-electron chi connectivity index (χ0n) is 13.2. The van der Waals surface area contributed by atoms with Gasteiger partial charge in [0.15, 0.2) is 0 Å². The van der Waals surface area contributed by atoms with Crippen LogP contribution in [0.3, 0.4) is 0 Å². The summed E-state index contributed by atoms with van der Waals surface area (Å²) in [5.41, 5.74) is 1.76. The van der Waals surface area contributed by atoms with Crippen LogP contribution in [0.5, 0.6) is 0 Å². The van der Waals surface area contributed by atoms with Crippen molar-refractivity contribution in [3.05, 3.63) is 35.9 Å². The first kappa shape index (κ1) is 15.0. The number of nitrogens with zero attached hydrogens (tertiary/aromatic N) is 1. The van der Waals surface area contributed by atoms with E-state index >= 15 is 0 Å². The molecule has 1 N–H and O–H groups in total. The largest absolute Gasteiger partial charge is 0.381 e. The van der Waals surface area contributed by atoms with E-state index < -0.39 is 0 Å². The van der Waals surface area contributed by atoms with Gasteiger partial charge in [-0.15, -0.1) is 0 Å². The normalized spacial score (nSPS) is 25.6. The van der Waals surface area contributed by atoms with E-state index in [2.05, 4.69) is 47.6 Å². The third-order valence-corrected chi connectivity index (χ3v) is 4.76. The number of nitrogens with one attached hydrogen (secondary N) is 1. The number of ether oxygens (including phenoxy) is 1. The van der Waals surface area contributed by atoms with Crippen LogP contribution in [0, 0.1) is 5.41 Å². The molecule has 116 valence electrons. The van der Waals surface area contributed by atoms with Crippen LogP contribution < -0.4 is 5.32 Å². The van der Waals surface area contributed by atoms with Gasteiger partial charge >= 0.3 is 0 Å². The number of benzene rings is 1. The minimum atomic E-state index is 0.327. The maximum Gasteiger partial charge on any atom is 0.0547 e. The van der Waals surface area contributed by atoms with E-state index in [-0.39, 0.29) is 0 Å². The number of rotatable bonds is 8. The van der Waals surface area contributed by atoms with Gasteiger partial charge in [0, 0.05) is 37.7 Å². The smallest absolute Gasteiger partial charge is 0.0547 e. The summed E-state index contributed by atoms with van der Waals surface area (Å²) < 4.78 is 5.71. The Morgan fingerprint density at radius 2 is 2.10 bits per heavy atom. The lowest BCUT2D eigenvalue weighted by Gasteiger charge is -2.32. The van der Waals surface area contributed by atoms with Crippen molar-refractivity contribution < 1.29 is 4.74 Å². The number of hydrogen-bond acceptors (Lipinski definition) is 3. The third-order valence-electron chi connectivity index (χ3n) is 4.76. The lowest BCUT2D eigenvalue weighted by atomic mass is 9.86. The van der Waals surface area contributed by atoms with Gasteiger partial charge < -0.3 is 15.0 Å². The standard InChI is InChI=1S/C18H28N2O/c1-20(11-9-16-5-3-2-4-6-16)14-18(10-12-21-15-18)13-19-17-7-8-17/h2-6,17,19H,7-15H2,1H3. The highest BCUT2D eigenvalue weighted by atomic mass is 16.5. The van der Waals surface area contributed by atoms with Crippen molar-refractivity contribution in [1.82, 2.24) is 10.2 Å². The molecule has 0 aromatic heterocycles. The molecule has 0 radical (unpaired) electrons. The molecule has 1 saturated heterocycles. The monoisotopic (exact) mass is 288 g/mol. The molecule has 1 aliphatic carbocycles. The highest BCUT2D eigenvalue weighted by Gasteiger charge is 2.37. The zero-order valence-corrected chi connectivity index (χ0v) is 13.2. The molecule has 2 aliphatic rings. The highest BCUT2D eigenvalue weighted by Crippen LogP contribution is 2.30. The molecule has 21 heavy (non-hydrogen) atoms. The molecule has 3 nitrogen and oxygen atoms in total. The van der Waals surface area contributed by atoms with Crippen LogP contribution in [0.25, 0.3) is 0 Å². The zero-order chi connectivity index (χ0) is 14.5. The fraction of sp³-hybridized carbons (Fsp3) is 0.667. The van der Waals surface area contributed by atoms with Gasteiger partial charge in [-0.05, 0) is 38.3 Å². The summed E-state index contributed by atoms with van der Waals surface area (Å²) in [5, 5.41) is 3.71. The van der Waals surface area contributed by atoms with Crippen molar-refractivity contribution >= 4 is 0 Å². The third kappa shape index (κ3) is 4.53. The molecule has 1 unspecified atom stereocenters. The summed E-state index contributed by atoms with van der Waals surface area (Å²) >= 11 is 0. The molecule has 0 amide bonds. The van der Waals surface area contributed by atoms with Crippen molar-refractivity contribution in [2.45, 2.75) is 31.7 Å². The van der Waals surface area contributed by atoms with Crippen molar-refractivity contribution in [1.29, 1.82) is 0 Å². The van der Waals surface area contributed by atoms with Crippen molar-refractivity contribution in [3.63, 3.8) is 0 Å². The van der Waals surface area contributed by atoms with E-state index in [0.29, 0.717) is 5.41 Å². The van der Waals surface area contributed by atoms with Crippen LogP contribution in [0.15, 0.2) is 30.3 Å². The van der Waals surface area contributed by atoms with E-state index in [4.69, 9.17) is 4.74 Å². The van der Waals surface area contributed by atoms with Crippen LogP contribution in [0.2, 0.25) is 0 Å². The van der Waals surface area contributed by atoms with Gasteiger partial charge in [0.25, 0.3) is 0 Å². The Kier molecular flexibility index (Phi) is 4.94. The molecule has 3 rings (SSSR count). The van der Waals surface area contributed by atoms with E-state index in [1.165, 1.54) is 24.8 Å². The minimum absolute atomic E-state index is 0.327.